The Labute approximate surface area is 171 Å². The number of carbonyl (C=O) groups is 1. The Morgan fingerprint density at radius 1 is 1.18 bits per heavy atom. The van der Waals surface area contributed by atoms with E-state index in [1.54, 1.807) is 12.5 Å². The number of nitrogens with zero attached hydrogens (tertiary/aromatic N) is 1. The molecule has 0 saturated carbocycles. The number of sulfone groups is 1. The van der Waals surface area contributed by atoms with Gasteiger partial charge in [0, 0.05) is 17.2 Å². The molecular weight excluding hydrogens is 422 g/mol. The van der Waals surface area contributed by atoms with Crippen molar-refractivity contribution < 1.29 is 22.7 Å². The summed E-state index contributed by atoms with van der Waals surface area (Å²) in [6, 6.07) is 11.4. The average molecular weight is 438 g/mol. The molecule has 0 aliphatic carbocycles. The first-order valence-corrected chi connectivity index (χ1v) is 11.2. The van der Waals surface area contributed by atoms with Gasteiger partial charge in [-0.25, -0.2) is 18.2 Å². The molecule has 1 heterocycles. The van der Waals surface area contributed by atoms with E-state index in [2.05, 4.69) is 4.98 Å². The average Bonchev–Trinajstić information content (AvgIpc) is 3.14. The summed E-state index contributed by atoms with van der Waals surface area (Å²) in [6.07, 6.45) is 1.06. The van der Waals surface area contributed by atoms with E-state index in [0.29, 0.717) is 5.69 Å². The first kappa shape index (κ1) is 20.3. The van der Waals surface area contributed by atoms with Crippen molar-refractivity contribution in [2.45, 2.75) is 11.5 Å². The Hall–Kier alpha value is -2.42. The van der Waals surface area contributed by atoms with E-state index >= 15 is 0 Å². The molecule has 0 saturated heterocycles. The predicted octanol–water partition coefficient (Wildman–Crippen LogP) is 4.23. The highest BCUT2D eigenvalue weighted by molar-refractivity contribution is 7.90. The number of hydrogen-bond acceptors (Lipinski definition) is 7. The molecule has 1 aromatic heterocycles. The topological polar surface area (TPSA) is 82.6 Å². The summed E-state index contributed by atoms with van der Waals surface area (Å²) in [6.45, 7) is -0.0507. The van der Waals surface area contributed by atoms with E-state index in [4.69, 9.17) is 21.1 Å². The summed E-state index contributed by atoms with van der Waals surface area (Å²) >= 11 is 7.44. The molecule has 0 fully saturated rings. The number of ether oxygens (including phenoxy) is 2. The standard InChI is InChI=1S/C19H16ClNO5S2/c1-25-14-5-3-12(4-6-14)18-21-13(11-27-18)10-26-19(22)16-9-15(28(2,23)24)7-8-17(16)20/h3-9,11H,10H2,1-2H3. The Balaban J connectivity index is 1.71. The quantitative estimate of drug-likeness (QED) is 0.536. The smallest absolute Gasteiger partial charge is 0.340 e. The molecule has 28 heavy (non-hydrogen) atoms. The van der Waals surface area contributed by atoms with E-state index in [1.165, 1.54) is 29.5 Å². The SMILES string of the molecule is COc1ccc(-c2nc(COC(=O)c3cc(S(C)(=O)=O)ccc3Cl)cs2)cc1. The number of hydrogen-bond donors (Lipinski definition) is 0. The maximum atomic E-state index is 12.3. The summed E-state index contributed by atoms with van der Waals surface area (Å²) in [5.74, 6) is 0.0390. The molecule has 146 valence electrons. The number of esters is 1. The van der Waals surface area contributed by atoms with Crippen LogP contribution in [0.25, 0.3) is 10.6 Å². The van der Waals surface area contributed by atoms with Crippen molar-refractivity contribution in [3.8, 4) is 16.3 Å². The molecule has 0 bridgehead atoms. The molecule has 0 aliphatic heterocycles. The van der Waals surface area contributed by atoms with E-state index in [9.17, 15) is 13.2 Å². The third-order valence-corrected chi connectivity index (χ3v) is 6.21. The Morgan fingerprint density at radius 3 is 2.54 bits per heavy atom. The van der Waals surface area contributed by atoms with Crippen LogP contribution in [0.15, 0.2) is 52.7 Å². The van der Waals surface area contributed by atoms with Crippen LogP contribution in [-0.2, 0) is 21.2 Å². The van der Waals surface area contributed by atoms with Crippen LogP contribution in [0.3, 0.4) is 0 Å². The lowest BCUT2D eigenvalue weighted by Crippen LogP contribution is -2.08. The maximum absolute atomic E-state index is 12.3. The molecule has 0 radical (unpaired) electrons. The third kappa shape index (κ3) is 4.70. The monoisotopic (exact) mass is 437 g/mol. The molecule has 6 nitrogen and oxygen atoms in total. The van der Waals surface area contributed by atoms with Gasteiger partial charge in [0.25, 0.3) is 0 Å². The second-order valence-corrected chi connectivity index (χ2v) is 9.14. The van der Waals surface area contributed by atoms with Gasteiger partial charge in [-0.15, -0.1) is 11.3 Å². The van der Waals surface area contributed by atoms with Gasteiger partial charge in [-0.05, 0) is 42.5 Å². The van der Waals surface area contributed by atoms with Crippen molar-refractivity contribution in [3.05, 3.63) is 64.1 Å². The fraction of sp³-hybridized carbons (Fsp3) is 0.158. The van der Waals surface area contributed by atoms with Crippen LogP contribution in [0.2, 0.25) is 5.02 Å². The Bertz CT molecular complexity index is 1110. The third-order valence-electron chi connectivity index (χ3n) is 3.83. The predicted molar refractivity (Wildman–Crippen MR) is 108 cm³/mol. The Kier molecular flexibility index (Phi) is 6.02. The molecular formula is C19H16ClNO5S2. The molecule has 0 unspecified atom stereocenters. The zero-order valence-electron chi connectivity index (χ0n) is 15.0. The molecule has 0 spiro atoms. The molecule has 9 heteroatoms. The first-order chi connectivity index (χ1) is 13.3. The largest absolute Gasteiger partial charge is 0.497 e. The number of carbonyl (C=O) groups excluding carboxylic acids is 1. The van der Waals surface area contributed by atoms with E-state index < -0.39 is 15.8 Å². The normalized spacial score (nSPS) is 11.2. The minimum atomic E-state index is -3.46. The highest BCUT2D eigenvalue weighted by Crippen LogP contribution is 2.26. The number of methoxy groups -OCH3 is 1. The van der Waals surface area contributed by atoms with Gasteiger partial charge in [0.2, 0.25) is 0 Å². The van der Waals surface area contributed by atoms with Crippen molar-refractivity contribution in [1.29, 1.82) is 0 Å². The molecule has 3 aromatic rings. The number of benzene rings is 2. The van der Waals surface area contributed by atoms with Crippen LogP contribution >= 0.6 is 22.9 Å². The van der Waals surface area contributed by atoms with Gasteiger partial charge in [-0.1, -0.05) is 11.6 Å². The van der Waals surface area contributed by atoms with Gasteiger partial charge in [0.15, 0.2) is 9.84 Å². The summed E-state index contributed by atoms with van der Waals surface area (Å²) in [4.78, 5) is 16.8. The molecule has 0 aliphatic rings. The van der Waals surface area contributed by atoms with Crippen molar-refractivity contribution >= 4 is 38.7 Å². The van der Waals surface area contributed by atoms with Gasteiger partial charge >= 0.3 is 5.97 Å². The molecule has 0 atom stereocenters. The van der Waals surface area contributed by atoms with Gasteiger partial charge in [-0.2, -0.15) is 0 Å². The minimum absolute atomic E-state index is 0.000648. The zero-order chi connectivity index (χ0) is 20.3. The lowest BCUT2D eigenvalue weighted by Gasteiger charge is -2.07. The molecule has 0 N–H and O–H groups in total. The Morgan fingerprint density at radius 2 is 1.89 bits per heavy atom. The molecule has 0 amide bonds. The molecule has 2 aromatic carbocycles. The zero-order valence-corrected chi connectivity index (χ0v) is 17.4. The number of halogens is 1. The second-order valence-electron chi connectivity index (χ2n) is 5.86. The first-order valence-electron chi connectivity index (χ1n) is 8.03. The van der Waals surface area contributed by atoms with Crippen LogP contribution in [0, 0.1) is 0 Å². The lowest BCUT2D eigenvalue weighted by molar-refractivity contribution is 0.0468. The van der Waals surface area contributed by atoms with Crippen LogP contribution in [0.5, 0.6) is 5.75 Å². The highest BCUT2D eigenvalue weighted by atomic mass is 35.5. The minimum Gasteiger partial charge on any atom is -0.497 e. The fourth-order valence-electron chi connectivity index (χ4n) is 2.35. The van der Waals surface area contributed by atoms with Crippen molar-refractivity contribution in [2.24, 2.45) is 0 Å². The summed E-state index contributed by atoms with van der Waals surface area (Å²) in [5, 5.41) is 2.70. The van der Waals surface area contributed by atoms with E-state index in [-0.39, 0.29) is 22.1 Å². The van der Waals surface area contributed by atoms with Crippen LogP contribution in [-0.4, -0.2) is 32.7 Å². The van der Waals surface area contributed by atoms with Gasteiger partial charge in [-0.3, -0.25) is 0 Å². The van der Waals surface area contributed by atoms with Gasteiger partial charge in [0.05, 0.1) is 28.3 Å². The number of thiazole rings is 1. The van der Waals surface area contributed by atoms with Gasteiger partial charge in [0.1, 0.15) is 17.4 Å². The summed E-state index contributed by atoms with van der Waals surface area (Å²) < 4.78 is 33.7. The van der Waals surface area contributed by atoms with Crippen LogP contribution in [0.4, 0.5) is 0 Å². The lowest BCUT2D eigenvalue weighted by atomic mass is 10.2. The number of rotatable bonds is 6. The maximum Gasteiger partial charge on any atom is 0.340 e. The van der Waals surface area contributed by atoms with Crippen LogP contribution in [0.1, 0.15) is 16.1 Å². The van der Waals surface area contributed by atoms with E-state index in [0.717, 1.165) is 22.6 Å². The van der Waals surface area contributed by atoms with Crippen molar-refractivity contribution in [1.82, 2.24) is 4.98 Å². The summed E-state index contributed by atoms with van der Waals surface area (Å²) in [5.41, 5.74) is 1.50. The second kappa shape index (κ2) is 8.30. The fourth-order valence-corrected chi connectivity index (χ4v) is 4.00. The summed E-state index contributed by atoms with van der Waals surface area (Å²) in [7, 11) is -1.86. The van der Waals surface area contributed by atoms with E-state index in [1.807, 2.05) is 24.3 Å². The highest BCUT2D eigenvalue weighted by Gasteiger charge is 2.17. The van der Waals surface area contributed by atoms with Crippen molar-refractivity contribution in [2.75, 3.05) is 13.4 Å². The van der Waals surface area contributed by atoms with Gasteiger partial charge < -0.3 is 9.47 Å². The van der Waals surface area contributed by atoms with Crippen LogP contribution < -0.4 is 4.74 Å². The van der Waals surface area contributed by atoms with Crippen molar-refractivity contribution in [3.63, 3.8) is 0 Å². The number of aromatic nitrogens is 1. The molecule has 3 rings (SSSR count).